The Balaban J connectivity index is 1.72. The molecule has 1 aliphatic rings. The van der Waals surface area contributed by atoms with E-state index in [2.05, 4.69) is 5.32 Å². The third kappa shape index (κ3) is 4.16. The van der Waals surface area contributed by atoms with Gasteiger partial charge in [-0.2, -0.15) is 0 Å². The zero-order chi connectivity index (χ0) is 19.4. The van der Waals surface area contributed by atoms with Crippen molar-refractivity contribution in [1.82, 2.24) is 0 Å². The summed E-state index contributed by atoms with van der Waals surface area (Å²) >= 11 is 0. The van der Waals surface area contributed by atoms with E-state index >= 15 is 0 Å². The van der Waals surface area contributed by atoms with Crippen molar-refractivity contribution in [2.24, 2.45) is 0 Å². The first-order chi connectivity index (χ1) is 13.0. The number of ether oxygens (including phenoxy) is 1. The van der Waals surface area contributed by atoms with Crippen LogP contribution in [-0.4, -0.2) is 30.4 Å². The number of rotatable bonds is 4. The predicted molar refractivity (Wildman–Crippen MR) is 103 cm³/mol. The maximum absolute atomic E-state index is 12.8. The van der Waals surface area contributed by atoms with Gasteiger partial charge in [0, 0.05) is 12.5 Å². The highest BCUT2D eigenvalue weighted by molar-refractivity contribution is 6.05. The van der Waals surface area contributed by atoms with Crippen molar-refractivity contribution in [3.63, 3.8) is 0 Å². The number of aryl methyl sites for hydroxylation is 1. The molecular formula is C21H22N2O4. The maximum Gasteiger partial charge on any atom is 0.338 e. The zero-order valence-electron chi connectivity index (χ0n) is 15.4. The van der Waals surface area contributed by atoms with Gasteiger partial charge in [0.15, 0.2) is 6.61 Å². The molecule has 0 fully saturated rings. The molecule has 2 aromatic rings. The SMILES string of the molecule is CCc1ccc(C(=O)OCC(=O)N2c3ccccc3NC(=O)C[C@@H]2C)cc1. The van der Waals surface area contributed by atoms with Crippen molar-refractivity contribution in [1.29, 1.82) is 0 Å². The fourth-order valence-corrected chi connectivity index (χ4v) is 3.12. The molecule has 0 aliphatic carbocycles. The van der Waals surface area contributed by atoms with Crippen LogP contribution in [-0.2, 0) is 20.7 Å². The molecule has 0 saturated carbocycles. The van der Waals surface area contributed by atoms with Crippen LogP contribution in [0.5, 0.6) is 0 Å². The summed E-state index contributed by atoms with van der Waals surface area (Å²) in [5.41, 5.74) is 2.70. The molecule has 0 spiro atoms. The molecule has 2 amide bonds. The van der Waals surface area contributed by atoms with Gasteiger partial charge in [-0.3, -0.25) is 9.59 Å². The van der Waals surface area contributed by atoms with Gasteiger partial charge < -0.3 is 15.0 Å². The van der Waals surface area contributed by atoms with Crippen LogP contribution < -0.4 is 10.2 Å². The van der Waals surface area contributed by atoms with Gasteiger partial charge in [0.2, 0.25) is 5.91 Å². The van der Waals surface area contributed by atoms with Crippen molar-refractivity contribution in [3.05, 3.63) is 59.7 Å². The average molecular weight is 366 g/mol. The van der Waals surface area contributed by atoms with Gasteiger partial charge in [-0.25, -0.2) is 4.79 Å². The summed E-state index contributed by atoms with van der Waals surface area (Å²) in [5.74, 6) is -1.07. The van der Waals surface area contributed by atoms with Crippen molar-refractivity contribution >= 4 is 29.2 Å². The maximum atomic E-state index is 12.8. The highest BCUT2D eigenvalue weighted by Crippen LogP contribution is 2.31. The third-order valence-electron chi connectivity index (χ3n) is 4.55. The number of para-hydroxylation sites is 2. The first-order valence-electron chi connectivity index (χ1n) is 8.96. The number of nitrogens with one attached hydrogen (secondary N) is 1. The van der Waals surface area contributed by atoms with Gasteiger partial charge in [-0.05, 0) is 43.2 Å². The fraction of sp³-hybridized carbons (Fsp3) is 0.286. The molecule has 1 atom stereocenters. The number of benzene rings is 2. The van der Waals surface area contributed by atoms with Crippen LogP contribution in [0, 0.1) is 0 Å². The van der Waals surface area contributed by atoms with Crippen LogP contribution in [0.4, 0.5) is 11.4 Å². The lowest BCUT2D eigenvalue weighted by Crippen LogP contribution is -2.41. The second kappa shape index (κ2) is 8.03. The largest absolute Gasteiger partial charge is 0.452 e. The van der Waals surface area contributed by atoms with Crippen LogP contribution in [0.15, 0.2) is 48.5 Å². The lowest BCUT2D eigenvalue weighted by atomic mass is 10.1. The fourth-order valence-electron chi connectivity index (χ4n) is 3.12. The number of carbonyl (C=O) groups excluding carboxylic acids is 3. The molecule has 6 nitrogen and oxygen atoms in total. The van der Waals surface area contributed by atoms with Crippen LogP contribution in [0.1, 0.15) is 36.2 Å². The Bertz CT molecular complexity index is 861. The second-order valence-corrected chi connectivity index (χ2v) is 6.51. The molecule has 1 heterocycles. The van der Waals surface area contributed by atoms with Crippen LogP contribution in [0.25, 0.3) is 0 Å². The lowest BCUT2D eigenvalue weighted by Gasteiger charge is -2.27. The molecule has 1 aliphatic heterocycles. The van der Waals surface area contributed by atoms with E-state index < -0.39 is 5.97 Å². The van der Waals surface area contributed by atoms with Gasteiger partial charge in [0.25, 0.3) is 5.91 Å². The summed E-state index contributed by atoms with van der Waals surface area (Å²) < 4.78 is 5.21. The Morgan fingerprint density at radius 2 is 1.85 bits per heavy atom. The summed E-state index contributed by atoms with van der Waals surface area (Å²) in [4.78, 5) is 38.5. The molecule has 0 aromatic heterocycles. The Morgan fingerprint density at radius 1 is 1.15 bits per heavy atom. The van der Waals surface area contributed by atoms with Crippen molar-refractivity contribution in [2.45, 2.75) is 32.7 Å². The van der Waals surface area contributed by atoms with Crippen LogP contribution in [0.3, 0.4) is 0 Å². The van der Waals surface area contributed by atoms with Gasteiger partial charge in [-0.1, -0.05) is 31.2 Å². The number of esters is 1. The summed E-state index contributed by atoms with van der Waals surface area (Å²) in [6.07, 6.45) is 1.06. The highest BCUT2D eigenvalue weighted by Gasteiger charge is 2.30. The summed E-state index contributed by atoms with van der Waals surface area (Å²) in [6, 6.07) is 13.9. The van der Waals surface area contributed by atoms with Gasteiger partial charge in [0.05, 0.1) is 16.9 Å². The smallest absolute Gasteiger partial charge is 0.338 e. The van der Waals surface area contributed by atoms with E-state index in [0.29, 0.717) is 16.9 Å². The highest BCUT2D eigenvalue weighted by atomic mass is 16.5. The zero-order valence-corrected chi connectivity index (χ0v) is 15.4. The number of hydrogen-bond donors (Lipinski definition) is 1. The number of amides is 2. The van der Waals surface area contributed by atoms with Crippen molar-refractivity contribution in [2.75, 3.05) is 16.8 Å². The van der Waals surface area contributed by atoms with Gasteiger partial charge >= 0.3 is 5.97 Å². The van der Waals surface area contributed by atoms with Gasteiger partial charge in [-0.15, -0.1) is 0 Å². The van der Waals surface area contributed by atoms with Gasteiger partial charge in [0.1, 0.15) is 0 Å². The average Bonchev–Trinajstić information content (AvgIpc) is 2.80. The standard InChI is InChI=1S/C21H22N2O4/c1-3-15-8-10-16(11-9-15)21(26)27-13-20(25)23-14(2)12-19(24)22-17-6-4-5-7-18(17)23/h4-11,14H,3,12-13H2,1-2H3,(H,22,24)/t14-/m0/s1. The molecule has 6 heteroatoms. The van der Waals surface area contributed by atoms with E-state index in [4.69, 9.17) is 4.74 Å². The first kappa shape index (κ1) is 18.6. The number of nitrogens with zero attached hydrogens (tertiary/aromatic N) is 1. The first-order valence-corrected chi connectivity index (χ1v) is 8.96. The Labute approximate surface area is 158 Å². The van der Waals surface area contributed by atoms with Crippen LogP contribution >= 0.6 is 0 Å². The number of hydrogen-bond acceptors (Lipinski definition) is 4. The number of anilines is 2. The molecule has 1 N–H and O–H groups in total. The molecular weight excluding hydrogens is 344 g/mol. The van der Waals surface area contributed by atoms with Crippen LogP contribution in [0.2, 0.25) is 0 Å². The Hall–Kier alpha value is -3.15. The molecule has 0 saturated heterocycles. The van der Waals surface area contributed by atoms with E-state index in [1.54, 1.807) is 43.3 Å². The van der Waals surface area contributed by atoms with E-state index in [9.17, 15) is 14.4 Å². The molecule has 0 radical (unpaired) electrons. The summed E-state index contributed by atoms with van der Waals surface area (Å²) in [5, 5.41) is 2.80. The molecule has 0 bridgehead atoms. The Kier molecular flexibility index (Phi) is 5.54. The molecule has 27 heavy (non-hydrogen) atoms. The minimum Gasteiger partial charge on any atom is -0.452 e. The molecule has 2 aromatic carbocycles. The number of carbonyl (C=O) groups is 3. The third-order valence-corrected chi connectivity index (χ3v) is 4.55. The monoisotopic (exact) mass is 366 g/mol. The Morgan fingerprint density at radius 3 is 2.56 bits per heavy atom. The molecule has 140 valence electrons. The molecule has 0 unspecified atom stereocenters. The number of fused-ring (bicyclic) bond motifs is 1. The second-order valence-electron chi connectivity index (χ2n) is 6.51. The predicted octanol–water partition coefficient (Wildman–Crippen LogP) is 3.17. The van der Waals surface area contributed by atoms with Crippen molar-refractivity contribution < 1.29 is 19.1 Å². The quantitative estimate of drug-likeness (QED) is 0.844. The minimum atomic E-state index is -0.545. The topological polar surface area (TPSA) is 75.7 Å². The van der Waals surface area contributed by atoms with E-state index in [1.807, 2.05) is 19.1 Å². The van der Waals surface area contributed by atoms with E-state index in [1.165, 1.54) is 4.90 Å². The molecule has 3 rings (SSSR count). The summed E-state index contributed by atoms with van der Waals surface area (Å²) in [7, 11) is 0. The normalized spacial score (nSPS) is 16.1. The van der Waals surface area contributed by atoms with E-state index in [-0.39, 0.29) is 30.9 Å². The van der Waals surface area contributed by atoms with E-state index in [0.717, 1.165) is 12.0 Å². The lowest BCUT2D eigenvalue weighted by molar-refractivity contribution is -0.122. The van der Waals surface area contributed by atoms with Crippen molar-refractivity contribution in [3.8, 4) is 0 Å². The minimum absolute atomic E-state index is 0.154. The summed E-state index contributed by atoms with van der Waals surface area (Å²) in [6.45, 7) is 3.44.